The number of methoxy groups -OCH3 is 1. The Morgan fingerprint density at radius 2 is 2.13 bits per heavy atom. The molecule has 1 heterocycles. The number of rotatable bonds is 3. The fourth-order valence-electron chi connectivity index (χ4n) is 1.78. The molecule has 82 valence electrons. The van der Waals surface area contributed by atoms with Crippen LogP contribution in [0, 0.1) is 0 Å². The van der Waals surface area contributed by atoms with E-state index in [2.05, 4.69) is 23.5 Å². The molecule has 0 spiro atoms. The molecule has 1 aliphatic heterocycles. The average Bonchev–Trinajstić information content (AvgIpc) is 2.31. The molecule has 1 saturated heterocycles. The zero-order chi connectivity index (χ0) is 10.5. The van der Waals surface area contributed by atoms with Crippen LogP contribution in [0.5, 0.6) is 5.75 Å². The minimum atomic E-state index is 0.762. The molecule has 0 aliphatic carbocycles. The molecule has 1 N–H and O–H groups in total. The van der Waals surface area contributed by atoms with Crippen molar-refractivity contribution in [2.45, 2.75) is 23.0 Å². The largest absolute Gasteiger partial charge is 0.497 e. The minimum Gasteiger partial charge on any atom is -0.497 e. The number of benzene rings is 1. The Kier molecular flexibility index (Phi) is 3.92. The molecule has 0 aromatic heterocycles. The van der Waals surface area contributed by atoms with Crippen molar-refractivity contribution in [1.29, 1.82) is 0 Å². The van der Waals surface area contributed by atoms with Crippen molar-refractivity contribution >= 4 is 11.8 Å². The van der Waals surface area contributed by atoms with E-state index in [-0.39, 0.29) is 0 Å². The lowest BCUT2D eigenvalue weighted by atomic mass is 10.2. The molecule has 0 radical (unpaired) electrons. The highest BCUT2D eigenvalue weighted by atomic mass is 32.2. The van der Waals surface area contributed by atoms with Crippen molar-refractivity contribution in [1.82, 2.24) is 5.32 Å². The fraction of sp³-hybridized carbons (Fsp3) is 0.500. The second-order valence-corrected chi connectivity index (χ2v) is 5.12. The van der Waals surface area contributed by atoms with Gasteiger partial charge in [0.05, 0.1) is 7.11 Å². The second-order valence-electron chi connectivity index (χ2n) is 3.75. The van der Waals surface area contributed by atoms with Gasteiger partial charge >= 0.3 is 0 Å². The molecule has 0 amide bonds. The summed E-state index contributed by atoms with van der Waals surface area (Å²) in [6, 6.07) is 8.33. The van der Waals surface area contributed by atoms with E-state index in [1.807, 2.05) is 17.8 Å². The normalized spacial score (nSPS) is 17.7. The smallest absolute Gasteiger partial charge is 0.119 e. The van der Waals surface area contributed by atoms with E-state index in [1.165, 1.54) is 17.7 Å². The van der Waals surface area contributed by atoms with Gasteiger partial charge in [0.2, 0.25) is 0 Å². The number of thioether (sulfide) groups is 1. The summed E-state index contributed by atoms with van der Waals surface area (Å²) in [5.41, 5.74) is 0. The first-order valence-electron chi connectivity index (χ1n) is 5.40. The van der Waals surface area contributed by atoms with Crippen molar-refractivity contribution < 1.29 is 4.74 Å². The predicted molar refractivity (Wildman–Crippen MR) is 64.7 cm³/mol. The molecule has 1 aromatic carbocycles. The van der Waals surface area contributed by atoms with Crippen LogP contribution in [0.2, 0.25) is 0 Å². The lowest BCUT2D eigenvalue weighted by molar-refractivity contribution is 0.413. The molecule has 1 aromatic rings. The van der Waals surface area contributed by atoms with Gasteiger partial charge in [-0.1, -0.05) is 6.07 Å². The Labute approximate surface area is 95.4 Å². The van der Waals surface area contributed by atoms with Gasteiger partial charge in [-0.05, 0) is 44.1 Å². The SMILES string of the molecule is COc1cccc(SC2CCNCC2)c1. The Morgan fingerprint density at radius 1 is 1.33 bits per heavy atom. The fourth-order valence-corrected chi connectivity index (χ4v) is 2.98. The highest BCUT2D eigenvalue weighted by molar-refractivity contribution is 8.00. The standard InChI is InChI=1S/C12H17NOS/c1-14-10-3-2-4-12(9-10)15-11-5-7-13-8-6-11/h2-4,9,11,13H,5-8H2,1H3. The van der Waals surface area contributed by atoms with E-state index in [9.17, 15) is 0 Å². The van der Waals surface area contributed by atoms with Gasteiger partial charge in [-0.15, -0.1) is 11.8 Å². The van der Waals surface area contributed by atoms with Crippen LogP contribution in [-0.4, -0.2) is 25.4 Å². The summed E-state index contributed by atoms with van der Waals surface area (Å²) < 4.78 is 5.22. The number of hydrogen-bond acceptors (Lipinski definition) is 3. The van der Waals surface area contributed by atoms with Crippen LogP contribution in [0.1, 0.15) is 12.8 Å². The lowest BCUT2D eigenvalue weighted by Crippen LogP contribution is -2.29. The molecule has 1 fully saturated rings. The molecule has 1 aliphatic rings. The summed E-state index contributed by atoms with van der Waals surface area (Å²) in [7, 11) is 1.72. The molecule has 2 rings (SSSR count). The average molecular weight is 223 g/mol. The topological polar surface area (TPSA) is 21.3 Å². The lowest BCUT2D eigenvalue weighted by Gasteiger charge is -2.22. The number of piperidine rings is 1. The van der Waals surface area contributed by atoms with Crippen LogP contribution < -0.4 is 10.1 Å². The van der Waals surface area contributed by atoms with Gasteiger partial charge < -0.3 is 10.1 Å². The Bertz CT molecular complexity index is 310. The highest BCUT2D eigenvalue weighted by Crippen LogP contribution is 2.30. The number of hydrogen-bond donors (Lipinski definition) is 1. The Balaban J connectivity index is 1.96. The highest BCUT2D eigenvalue weighted by Gasteiger charge is 2.14. The van der Waals surface area contributed by atoms with E-state index >= 15 is 0 Å². The van der Waals surface area contributed by atoms with Crippen LogP contribution in [0.15, 0.2) is 29.2 Å². The van der Waals surface area contributed by atoms with Crippen LogP contribution >= 0.6 is 11.8 Å². The first-order valence-corrected chi connectivity index (χ1v) is 6.28. The Hall–Kier alpha value is -0.670. The first-order chi connectivity index (χ1) is 7.38. The predicted octanol–water partition coefficient (Wildman–Crippen LogP) is 2.54. The monoisotopic (exact) mass is 223 g/mol. The van der Waals surface area contributed by atoms with E-state index < -0.39 is 0 Å². The van der Waals surface area contributed by atoms with Crippen molar-refractivity contribution in [3.63, 3.8) is 0 Å². The third-order valence-electron chi connectivity index (χ3n) is 2.63. The van der Waals surface area contributed by atoms with E-state index in [1.54, 1.807) is 7.11 Å². The molecule has 3 heteroatoms. The molecule has 2 nitrogen and oxygen atoms in total. The van der Waals surface area contributed by atoms with Gasteiger partial charge in [0, 0.05) is 10.1 Å². The molecule has 15 heavy (non-hydrogen) atoms. The quantitative estimate of drug-likeness (QED) is 0.851. The van der Waals surface area contributed by atoms with E-state index in [0.29, 0.717) is 0 Å². The summed E-state index contributed by atoms with van der Waals surface area (Å²) in [6.45, 7) is 2.31. The van der Waals surface area contributed by atoms with Crippen LogP contribution in [0.4, 0.5) is 0 Å². The summed E-state index contributed by atoms with van der Waals surface area (Å²) >= 11 is 1.97. The minimum absolute atomic E-state index is 0.762. The number of nitrogens with one attached hydrogen (secondary N) is 1. The van der Waals surface area contributed by atoms with Crippen molar-refractivity contribution in [2.75, 3.05) is 20.2 Å². The van der Waals surface area contributed by atoms with Crippen LogP contribution in [0.25, 0.3) is 0 Å². The maximum atomic E-state index is 5.22. The van der Waals surface area contributed by atoms with Gasteiger partial charge in [-0.3, -0.25) is 0 Å². The molecular weight excluding hydrogens is 206 g/mol. The van der Waals surface area contributed by atoms with E-state index in [4.69, 9.17) is 4.74 Å². The third kappa shape index (κ3) is 3.14. The third-order valence-corrected chi connectivity index (χ3v) is 3.96. The van der Waals surface area contributed by atoms with Crippen LogP contribution in [0.3, 0.4) is 0 Å². The van der Waals surface area contributed by atoms with Gasteiger partial charge in [0.1, 0.15) is 5.75 Å². The summed E-state index contributed by atoms with van der Waals surface area (Å²) in [6.07, 6.45) is 2.53. The number of ether oxygens (including phenoxy) is 1. The first kappa shape index (κ1) is 10.8. The van der Waals surface area contributed by atoms with Gasteiger partial charge in [-0.25, -0.2) is 0 Å². The second kappa shape index (κ2) is 5.42. The molecular formula is C12H17NOS. The Morgan fingerprint density at radius 3 is 2.87 bits per heavy atom. The molecule has 0 atom stereocenters. The van der Waals surface area contributed by atoms with Gasteiger partial charge in [0.15, 0.2) is 0 Å². The summed E-state index contributed by atoms with van der Waals surface area (Å²) in [4.78, 5) is 1.32. The zero-order valence-electron chi connectivity index (χ0n) is 9.03. The zero-order valence-corrected chi connectivity index (χ0v) is 9.85. The van der Waals surface area contributed by atoms with Crippen molar-refractivity contribution in [3.8, 4) is 5.75 Å². The summed E-state index contributed by atoms with van der Waals surface area (Å²) in [5, 5.41) is 4.15. The summed E-state index contributed by atoms with van der Waals surface area (Å²) in [5.74, 6) is 0.953. The van der Waals surface area contributed by atoms with E-state index in [0.717, 1.165) is 24.1 Å². The molecule has 0 bridgehead atoms. The van der Waals surface area contributed by atoms with Gasteiger partial charge in [-0.2, -0.15) is 0 Å². The molecule has 0 unspecified atom stereocenters. The van der Waals surface area contributed by atoms with Crippen molar-refractivity contribution in [2.24, 2.45) is 0 Å². The maximum absolute atomic E-state index is 5.22. The van der Waals surface area contributed by atoms with Crippen molar-refractivity contribution in [3.05, 3.63) is 24.3 Å². The molecule has 0 saturated carbocycles. The maximum Gasteiger partial charge on any atom is 0.119 e. The van der Waals surface area contributed by atoms with Crippen LogP contribution in [-0.2, 0) is 0 Å². The van der Waals surface area contributed by atoms with Gasteiger partial charge in [0.25, 0.3) is 0 Å².